The zero-order valence-corrected chi connectivity index (χ0v) is 9.55. The van der Waals surface area contributed by atoms with Crippen molar-refractivity contribution in [3.63, 3.8) is 0 Å². The van der Waals surface area contributed by atoms with Crippen LogP contribution >= 0.6 is 0 Å². The number of benzene rings is 1. The molecule has 1 aromatic carbocycles. The van der Waals surface area contributed by atoms with Crippen molar-refractivity contribution in [3.8, 4) is 0 Å². The lowest BCUT2D eigenvalue weighted by Crippen LogP contribution is -2.05. The van der Waals surface area contributed by atoms with Crippen LogP contribution in [0.15, 0.2) is 18.2 Å². The maximum Gasteiger partial charge on any atom is 0.126 e. The lowest BCUT2D eigenvalue weighted by atomic mass is 10.0. The van der Waals surface area contributed by atoms with Gasteiger partial charge in [-0.3, -0.25) is 0 Å². The van der Waals surface area contributed by atoms with Gasteiger partial charge in [-0.1, -0.05) is 26.0 Å². The fourth-order valence-corrected chi connectivity index (χ4v) is 2.71. The van der Waals surface area contributed by atoms with Crippen LogP contribution in [-0.4, -0.2) is 6.54 Å². The van der Waals surface area contributed by atoms with E-state index in [2.05, 4.69) is 13.8 Å². The topological polar surface area (TPSA) is 26.0 Å². The third-order valence-corrected chi connectivity index (χ3v) is 3.85. The number of hydrogen-bond donors (Lipinski definition) is 1. The van der Waals surface area contributed by atoms with E-state index in [1.165, 1.54) is 5.56 Å². The zero-order valence-electron chi connectivity index (χ0n) is 9.55. The van der Waals surface area contributed by atoms with Crippen molar-refractivity contribution in [2.24, 2.45) is 17.1 Å². The van der Waals surface area contributed by atoms with Crippen LogP contribution in [-0.2, 0) is 0 Å². The highest BCUT2D eigenvalue weighted by Crippen LogP contribution is 2.63. The Morgan fingerprint density at radius 3 is 2.53 bits per heavy atom. The Hall–Kier alpha value is -0.890. The lowest BCUT2D eigenvalue weighted by Gasteiger charge is -2.04. The van der Waals surface area contributed by atoms with E-state index in [1.54, 1.807) is 6.07 Å². The van der Waals surface area contributed by atoms with Gasteiger partial charge >= 0.3 is 0 Å². The second-order valence-corrected chi connectivity index (χ2v) is 5.15. The van der Waals surface area contributed by atoms with E-state index < -0.39 is 0 Å². The molecule has 82 valence electrons. The third kappa shape index (κ3) is 1.57. The summed E-state index contributed by atoms with van der Waals surface area (Å²) in [5, 5.41) is 0. The number of rotatable bonds is 2. The van der Waals surface area contributed by atoms with Crippen molar-refractivity contribution in [2.45, 2.75) is 26.7 Å². The fraction of sp³-hybridized carbons (Fsp3) is 0.538. The molecular formula is C13H18FN. The van der Waals surface area contributed by atoms with Crippen molar-refractivity contribution in [1.82, 2.24) is 0 Å². The van der Waals surface area contributed by atoms with Crippen molar-refractivity contribution in [1.29, 1.82) is 0 Å². The number of aryl methyl sites for hydroxylation is 1. The number of halogens is 1. The Labute approximate surface area is 90.5 Å². The summed E-state index contributed by atoms with van der Waals surface area (Å²) in [6.07, 6.45) is 0. The van der Waals surface area contributed by atoms with Crippen molar-refractivity contribution < 1.29 is 4.39 Å². The van der Waals surface area contributed by atoms with Crippen LogP contribution in [0.25, 0.3) is 0 Å². The van der Waals surface area contributed by atoms with Gasteiger partial charge in [0.05, 0.1) is 0 Å². The summed E-state index contributed by atoms with van der Waals surface area (Å²) in [6, 6.07) is 5.41. The molecule has 1 aromatic rings. The summed E-state index contributed by atoms with van der Waals surface area (Å²) >= 11 is 0. The molecule has 1 fully saturated rings. The Bertz CT molecular complexity index is 384. The standard InChI is InChI=1S/C13H18FN/c1-8-6-9(4-5-11(8)14)12-10(7-15)13(12,2)3/h4-6,10,12H,7,15H2,1-3H3/t10-,12-/m1/s1. The molecule has 0 radical (unpaired) electrons. The van der Waals surface area contributed by atoms with Gasteiger partial charge in [-0.15, -0.1) is 0 Å². The summed E-state index contributed by atoms with van der Waals surface area (Å²) < 4.78 is 13.1. The second-order valence-electron chi connectivity index (χ2n) is 5.15. The highest BCUT2D eigenvalue weighted by atomic mass is 19.1. The molecule has 2 heteroatoms. The van der Waals surface area contributed by atoms with Gasteiger partial charge in [0.1, 0.15) is 5.82 Å². The van der Waals surface area contributed by atoms with Gasteiger partial charge in [0.2, 0.25) is 0 Å². The fourth-order valence-electron chi connectivity index (χ4n) is 2.71. The van der Waals surface area contributed by atoms with Crippen LogP contribution in [0.3, 0.4) is 0 Å². The van der Waals surface area contributed by atoms with Crippen LogP contribution in [0.5, 0.6) is 0 Å². The molecule has 1 nitrogen and oxygen atoms in total. The maximum absolute atomic E-state index is 13.1. The van der Waals surface area contributed by atoms with Gasteiger partial charge in [0, 0.05) is 0 Å². The molecule has 2 rings (SSSR count). The van der Waals surface area contributed by atoms with E-state index in [0.29, 0.717) is 18.4 Å². The number of hydrogen-bond acceptors (Lipinski definition) is 1. The lowest BCUT2D eigenvalue weighted by molar-refractivity contribution is 0.558. The molecule has 0 heterocycles. The van der Waals surface area contributed by atoms with Gasteiger partial charge < -0.3 is 5.73 Å². The smallest absolute Gasteiger partial charge is 0.126 e. The Morgan fingerprint density at radius 1 is 1.40 bits per heavy atom. The van der Waals surface area contributed by atoms with Crippen LogP contribution in [0.4, 0.5) is 4.39 Å². The summed E-state index contributed by atoms with van der Waals surface area (Å²) in [5.41, 5.74) is 7.97. The molecule has 1 aliphatic carbocycles. The van der Waals surface area contributed by atoms with Crippen molar-refractivity contribution >= 4 is 0 Å². The third-order valence-electron chi connectivity index (χ3n) is 3.85. The van der Waals surface area contributed by atoms with E-state index >= 15 is 0 Å². The Kier molecular flexibility index (Phi) is 2.34. The maximum atomic E-state index is 13.1. The molecule has 2 N–H and O–H groups in total. The molecule has 0 unspecified atom stereocenters. The largest absolute Gasteiger partial charge is 0.330 e. The molecule has 2 atom stereocenters. The van der Waals surface area contributed by atoms with E-state index in [-0.39, 0.29) is 11.2 Å². The highest BCUT2D eigenvalue weighted by molar-refractivity contribution is 5.35. The SMILES string of the molecule is Cc1cc([C@@H]2[C@@H](CN)C2(C)C)ccc1F. The van der Waals surface area contributed by atoms with E-state index in [4.69, 9.17) is 5.73 Å². The van der Waals surface area contributed by atoms with Crippen LogP contribution < -0.4 is 5.73 Å². The van der Waals surface area contributed by atoms with Crippen molar-refractivity contribution in [3.05, 3.63) is 35.1 Å². The van der Waals surface area contributed by atoms with E-state index in [1.807, 2.05) is 19.1 Å². The first kappa shape index (κ1) is 10.6. The quantitative estimate of drug-likeness (QED) is 0.793. The van der Waals surface area contributed by atoms with Gasteiger partial charge in [-0.2, -0.15) is 0 Å². The van der Waals surface area contributed by atoms with Crippen LogP contribution in [0.1, 0.15) is 30.9 Å². The molecule has 0 amide bonds. The van der Waals surface area contributed by atoms with E-state index in [9.17, 15) is 4.39 Å². The minimum atomic E-state index is -0.124. The molecule has 0 saturated heterocycles. The van der Waals surface area contributed by atoms with Gasteiger partial charge in [0.25, 0.3) is 0 Å². The zero-order chi connectivity index (χ0) is 11.2. The van der Waals surface area contributed by atoms with Gasteiger partial charge in [0.15, 0.2) is 0 Å². The summed E-state index contributed by atoms with van der Waals surface area (Å²) in [5.74, 6) is 0.922. The summed E-state index contributed by atoms with van der Waals surface area (Å²) in [4.78, 5) is 0. The summed E-state index contributed by atoms with van der Waals surface area (Å²) in [6.45, 7) is 6.99. The van der Waals surface area contributed by atoms with Gasteiger partial charge in [-0.05, 0) is 47.9 Å². The average Bonchev–Trinajstić information content (AvgIpc) is 2.73. The van der Waals surface area contributed by atoms with Gasteiger partial charge in [-0.25, -0.2) is 4.39 Å². The average molecular weight is 207 g/mol. The molecule has 0 aliphatic heterocycles. The molecule has 0 bridgehead atoms. The van der Waals surface area contributed by atoms with Crippen LogP contribution in [0, 0.1) is 24.1 Å². The predicted octanol–water partition coefficient (Wildman–Crippen LogP) is 2.83. The number of nitrogens with two attached hydrogens (primary N) is 1. The Balaban J connectivity index is 2.29. The normalized spacial score (nSPS) is 27.8. The van der Waals surface area contributed by atoms with Crippen LogP contribution in [0.2, 0.25) is 0 Å². The predicted molar refractivity (Wildman–Crippen MR) is 60.2 cm³/mol. The first-order chi connectivity index (χ1) is 6.98. The molecule has 1 saturated carbocycles. The minimum absolute atomic E-state index is 0.124. The first-order valence-electron chi connectivity index (χ1n) is 5.44. The van der Waals surface area contributed by atoms with Crippen molar-refractivity contribution in [2.75, 3.05) is 6.54 Å². The molecular weight excluding hydrogens is 189 g/mol. The molecule has 1 aliphatic rings. The molecule has 0 spiro atoms. The monoisotopic (exact) mass is 207 g/mol. The Morgan fingerprint density at radius 2 is 2.07 bits per heavy atom. The minimum Gasteiger partial charge on any atom is -0.330 e. The van der Waals surface area contributed by atoms with E-state index in [0.717, 1.165) is 5.56 Å². The second kappa shape index (κ2) is 3.31. The molecule has 0 aromatic heterocycles. The molecule has 15 heavy (non-hydrogen) atoms. The first-order valence-corrected chi connectivity index (χ1v) is 5.44. The summed E-state index contributed by atoms with van der Waals surface area (Å²) in [7, 11) is 0. The highest BCUT2D eigenvalue weighted by Gasteiger charge is 2.57.